The van der Waals surface area contributed by atoms with E-state index in [1.807, 2.05) is 0 Å². The maximum Gasteiger partial charge on any atom is 0.339 e. The lowest BCUT2D eigenvalue weighted by molar-refractivity contribution is 0.0526. The molecule has 0 aliphatic rings. The average molecular weight is 252 g/mol. The molecule has 0 spiro atoms. The molecule has 0 bridgehead atoms. The van der Waals surface area contributed by atoms with E-state index in [4.69, 9.17) is 9.47 Å². The van der Waals surface area contributed by atoms with Gasteiger partial charge in [-0.15, -0.1) is 0 Å². The van der Waals surface area contributed by atoms with Crippen LogP contribution < -0.4 is 10.1 Å². The van der Waals surface area contributed by atoms with Crippen molar-refractivity contribution in [3.8, 4) is 5.88 Å². The van der Waals surface area contributed by atoms with E-state index in [0.717, 1.165) is 19.5 Å². The molecule has 0 aliphatic heterocycles. The molecule has 0 aromatic carbocycles. The fourth-order valence-electron chi connectivity index (χ4n) is 1.33. The monoisotopic (exact) mass is 252 g/mol. The first-order chi connectivity index (χ1) is 8.77. The minimum absolute atomic E-state index is 0.360. The molecule has 100 valence electrons. The number of hydrogen-bond donors (Lipinski definition) is 1. The Morgan fingerprint density at radius 2 is 2.17 bits per heavy atom. The molecule has 0 radical (unpaired) electrons. The molecule has 18 heavy (non-hydrogen) atoms. The van der Waals surface area contributed by atoms with E-state index in [1.54, 1.807) is 19.1 Å². The molecular weight excluding hydrogens is 232 g/mol. The van der Waals surface area contributed by atoms with E-state index < -0.39 is 0 Å². The van der Waals surface area contributed by atoms with Crippen LogP contribution in [0.4, 0.5) is 0 Å². The number of aromatic nitrogens is 1. The number of carbonyl (C=O) groups is 1. The molecule has 1 rings (SSSR count). The predicted molar refractivity (Wildman–Crippen MR) is 68.8 cm³/mol. The van der Waals surface area contributed by atoms with Crippen molar-refractivity contribution < 1.29 is 14.3 Å². The second kappa shape index (κ2) is 8.47. The fourth-order valence-corrected chi connectivity index (χ4v) is 1.33. The summed E-state index contributed by atoms with van der Waals surface area (Å²) in [5.74, 6) is 0.155. The van der Waals surface area contributed by atoms with Crippen molar-refractivity contribution in [2.75, 3.05) is 26.3 Å². The van der Waals surface area contributed by atoms with Gasteiger partial charge in [-0.3, -0.25) is 0 Å². The van der Waals surface area contributed by atoms with Crippen LogP contribution in [0, 0.1) is 0 Å². The second-order valence-electron chi connectivity index (χ2n) is 3.70. The van der Waals surface area contributed by atoms with E-state index in [0.29, 0.717) is 24.7 Å². The molecule has 0 saturated carbocycles. The van der Waals surface area contributed by atoms with Gasteiger partial charge < -0.3 is 14.8 Å². The Morgan fingerprint density at radius 1 is 1.33 bits per heavy atom. The van der Waals surface area contributed by atoms with Gasteiger partial charge in [0.2, 0.25) is 5.88 Å². The molecule has 0 unspecified atom stereocenters. The smallest absolute Gasteiger partial charge is 0.339 e. The number of pyridine rings is 1. The van der Waals surface area contributed by atoms with Crippen molar-refractivity contribution in [3.05, 3.63) is 23.9 Å². The Bertz CT molecular complexity index is 352. The van der Waals surface area contributed by atoms with Crippen molar-refractivity contribution in [3.63, 3.8) is 0 Å². The van der Waals surface area contributed by atoms with Gasteiger partial charge in [-0.2, -0.15) is 0 Å². The SMILES string of the molecule is CCCNCCOc1ccc(C(=O)OCC)cn1. The lowest BCUT2D eigenvalue weighted by atomic mass is 10.3. The number of nitrogens with one attached hydrogen (secondary N) is 1. The Kier molecular flexibility index (Phi) is 6.79. The van der Waals surface area contributed by atoms with Crippen LogP contribution in [0.25, 0.3) is 0 Å². The lowest BCUT2D eigenvalue weighted by Gasteiger charge is -2.06. The van der Waals surface area contributed by atoms with Crippen LogP contribution >= 0.6 is 0 Å². The number of hydrogen-bond acceptors (Lipinski definition) is 5. The Balaban J connectivity index is 2.33. The molecule has 0 saturated heterocycles. The summed E-state index contributed by atoms with van der Waals surface area (Å²) in [5, 5.41) is 3.22. The number of esters is 1. The van der Waals surface area contributed by atoms with Crippen molar-refractivity contribution >= 4 is 5.97 Å². The Labute approximate surface area is 108 Å². The minimum atomic E-state index is -0.360. The summed E-state index contributed by atoms with van der Waals surface area (Å²) in [4.78, 5) is 15.4. The summed E-state index contributed by atoms with van der Waals surface area (Å²) in [6.07, 6.45) is 2.57. The van der Waals surface area contributed by atoms with Crippen molar-refractivity contribution in [2.24, 2.45) is 0 Å². The number of nitrogens with zero attached hydrogens (tertiary/aromatic N) is 1. The van der Waals surface area contributed by atoms with Gasteiger partial charge in [-0.05, 0) is 26.0 Å². The summed E-state index contributed by atoms with van der Waals surface area (Å²) in [7, 11) is 0. The van der Waals surface area contributed by atoms with Gasteiger partial charge in [0.15, 0.2) is 0 Å². The zero-order chi connectivity index (χ0) is 13.2. The van der Waals surface area contributed by atoms with Gasteiger partial charge in [0, 0.05) is 18.8 Å². The number of rotatable bonds is 8. The molecule has 0 atom stereocenters. The van der Waals surface area contributed by atoms with Crippen LogP contribution in [0.1, 0.15) is 30.6 Å². The fraction of sp³-hybridized carbons (Fsp3) is 0.538. The highest BCUT2D eigenvalue weighted by Gasteiger charge is 2.06. The molecule has 0 aliphatic carbocycles. The first kappa shape index (κ1) is 14.4. The average Bonchev–Trinajstić information content (AvgIpc) is 2.39. The molecule has 0 amide bonds. The minimum Gasteiger partial charge on any atom is -0.476 e. The topological polar surface area (TPSA) is 60.5 Å². The highest BCUT2D eigenvalue weighted by molar-refractivity contribution is 5.89. The maximum atomic E-state index is 11.4. The first-order valence-electron chi connectivity index (χ1n) is 6.24. The Hall–Kier alpha value is -1.62. The van der Waals surface area contributed by atoms with Crippen LogP contribution in [-0.2, 0) is 4.74 Å². The van der Waals surface area contributed by atoms with Gasteiger partial charge in [0.1, 0.15) is 6.61 Å². The summed E-state index contributed by atoms with van der Waals surface area (Å²) >= 11 is 0. The van der Waals surface area contributed by atoms with Crippen LogP contribution in [0.15, 0.2) is 18.3 Å². The summed E-state index contributed by atoms with van der Waals surface area (Å²) in [5.41, 5.74) is 0.438. The van der Waals surface area contributed by atoms with Crippen LogP contribution in [0.3, 0.4) is 0 Å². The molecule has 1 aromatic heterocycles. The summed E-state index contributed by atoms with van der Waals surface area (Å²) < 4.78 is 10.3. The van der Waals surface area contributed by atoms with Gasteiger partial charge in [-0.25, -0.2) is 9.78 Å². The standard InChI is InChI=1S/C13H20N2O3/c1-3-7-14-8-9-18-12-6-5-11(10-15-12)13(16)17-4-2/h5-6,10,14H,3-4,7-9H2,1-2H3. The third-order valence-corrected chi connectivity index (χ3v) is 2.20. The summed E-state index contributed by atoms with van der Waals surface area (Å²) in [6.45, 7) is 6.58. The van der Waals surface area contributed by atoms with Gasteiger partial charge in [0.05, 0.1) is 12.2 Å². The van der Waals surface area contributed by atoms with Crippen molar-refractivity contribution in [2.45, 2.75) is 20.3 Å². The molecular formula is C13H20N2O3. The molecule has 1 N–H and O–H groups in total. The van der Waals surface area contributed by atoms with Gasteiger partial charge in [-0.1, -0.05) is 6.92 Å². The lowest BCUT2D eigenvalue weighted by Crippen LogP contribution is -2.21. The van der Waals surface area contributed by atoms with E-state index >= 15 is 0 Å². The number of ether oxygens (including phenoxy) is 2. The highest BCUT2D eigenvalue weighted by Crippen LogP contribution is 2.08. The van der Waals surface area contributed by atoms with E-state index in [-0.39, 0.29) is 5.97 Å². The highest BCUT2D eigenvalue weighted by atomic mass is 16.5. The summed E-state index contributed by atoms with van der Waals surface area (Å²) in [6, 6.07) is 3.33. The normalized spacial score (nSPS) is 10.1. The second-order valence-corrected chi connectivity index (χ2v) is 3.70. The molecule has 0 fully saturated rings. The third-order valence-electron chi connectivity index (χ3n) is 2.20. The zero-order valence-corrected chi connectivity index (χ0v) is 10.9. The van der Waals surface area contributed by atoms with Crippen LogP contribution in [0.2, 0.25) is 0 Å². The van der Waals surface area contributed by atoms with E-state index in [1.165, 1.54) is 6.20 Å². The van der Waals surface area contributed by atoms with E-state index in [2.05, 4.69) is 17.2 Å². The van der Waals surface area contributed by atoms with Crippen molar-refractivity contribution in [1.82, 2.24) is 10.3 Å². The zero-order valence-electron chi connectivity index (χ0n) is 10.9. The van der Waals surface area contributed by atoms with Crippen LogP contribution in [0.5, 0.6) is 5.88 Å². The van der Waals surface area contributed by atoms with Crippen molar-refractivity contribution in [1.29, 1.82) is 0 Å². The molecule has 5 nitrogen and oxygen atoms in total. The predicted octanol–water partition coefficient (Wildman–Crippen LogP) is 1.64. The third kappa shape index (κ3) is 5.14. The molecule has 1 aromatic rings. The molecule has 1 heterocycles. The van der Waals surface area contributed by atoms with E-state index in [9.17, 15) is 4.79 Å². The maximum absolute atomic E-state index is 11.4. The number of carbonyl (C=O) groups excluding carboxylic acids is 1. The van der Waals surface area contributed by atoms with Gasteiger partial charge >= 0.3 is 5.97 Å². The van der Waals surface area contributed by atoms with Gasteiger partial charge in [0.25, 0.3) is 0 Å². The van der Waals surface area contributed by atoms with Crippen LogP contribution in [-0.4, -0.2) is 37.3 Å². The molecule has 5 heteroatoms. The first-order valence-corrected chi connectivity index (χ1v) is 6.24. The largest absolute Gasteiger partial charge is 0.476 e. The quantitative estimate of drug-likeness (QED) is 0.563. The Morgan fingerprint density at radius 3 is 2.78 bits per heavy atom.